The topological polar surface area (TPSA) is 39.2 Å². The van der Waals surface area contributed by atoms with E-state index in [2.05, 4.69) is 4.98 Å². The summed E-state index contributed by atoms with van der Waals surface area (Å²) in [4.78, 5) is 15.3. The fourth-order valence-electron chi connectivity index (χ4n) is 1.37. The van der Waals surface area contributed by atoms with Gasteiger partial charge in [-0.15, -0.1) is 0 Å². The molecule has 19 heavy (non-hydrogen) atoms. The second-order valence-electron chi connectivity index (χ2n) is 3.69. The van der Waals surface area contributed by atoms with Crippen molar-refractivity contribution < 1.29 is 13.9 Å². The molecule has 0 fully saturated rings. The maximum Gasteiger partial charge on any atom is 0.341 e. The van der Waals surface area contributed by atoms with Crippen molar-refractivity contribution in [2.75, 3.05) is 0 Å². The van der Waals surface area contributed by atoms with E-state index in [1.54, 1.807) is 24.3 Å². The molecule has 0 amide bonds. The van der Waals surface area contributed by atoms with Crippen LogP contribution in [0.5, 0.6) is 0 Å². The summed E-state index contributed by atoms with van der Waals surface area (Å²) >= 11 is 11.4. The minimum atomic E-state index is -0.730. The Kier molecular flexibility index (Phi) is 4.35. The summed E-state index contributed by atoms with van der Waals surface area (Å²) < 4.78 is 18.0. The Morgan fingerprint density at radius 1 is 1.26 bits per heavy atom. The smallest absolute Gasteiger partial charge is 0.341 e. The van der Waals surface area contributed by atoms with Crippen LogP contribution in [0.3, 0.4) is 0 Å². The Labute approximate surface area is 118 Å². The highest BCUT2D eigenvalue weighted by atomic mass is 35.5. The Morgan fingerprint density at radius 2 is 1.95 bits per heavy atom. The molecule has 0 unspecified atom stereocenters. The van der Waals surface area contributed by atoms with E-state index in [1.807, 2.05) is 0 Å². The molecule has 1 aromatic carbocycles. The largest absolute Gasteiger partial charge is 0.457 e. The molecule has 0 aliphatic heterocycles. The third-order valence-electron chi connectivity index (χ3n) is 2.31. The van der Waals surface area contributed by atoms with Gasteiger partial charge in [-0.25, -0.2) is 14.2 Å². The Morgan fingerprint density at radius 3 is 2.63 bits per heavy atom. The summed E-state index contributed by atoms with van der Waals surface area (Å²) in [6.07, 6.45) is 0.929. The first-order chi connectivity index (χ1) is 9.06. The number of aromatic nitrogens is 1. The lowest BCUT2D eigenvalue weighted by Gasteiger charge is -2.06. The minimum Gasteiger partial charge on any atom is -0.457 e. The van der Waals surface area contributed by atoms with Gasteiger partial charge in [0, 0.05) is 5.02 Å². The molecule has 2 aromatic rings. The number of carbonyl (C=O) groups excluding carboxylic acids is 1. The van der Waals surface area contributed by atoms with Crippen LogP contribution >= 0.6 is 23.2 Å². The molecule has 1 heterocycles. The molecule has 0 radical (unpaired) electrons. The Hall–Kier alpha value is -1.65. The Balaban J connectivity index is 2.05. The highest BCUT2D eigenvalue weighted by Crippen LogP contribution is 2.16. The van der Waals surface area contributed by atoms with E-state index in [9.17, 15) is 9.18 Å². The van der Waals surface area contributed by atoms with Crippen LogP contribution in [0.15, 0.2) is 36.5 Å². The lowest BCUT2D eigenvalue weighted by atomic mass is 10.2. The SMILES string of the molecule is O=C(OCc1ccc(Cl)cc1)c1cc(F)cnc1Cl. The molecule has 3 nitrogen and oxygen atoms in total. The van der Waals surface area contributed by atoms with Crippen LogP contribution in [0.1, 0.15) is 15.9 Å². The van der Waals surface area contributed by atoms with Gasteiger partial charge in [0.05, 0.1) is 11.8 Å². The molecular formula is C13H8Cl2FNO2. The maximum absolute atomic E-state index is 13.0. The predicted octanol–water partition coefficient (Wildman–Crippen LogP) is 3.88. The molecule has 98 valence electrons. The minimum absolute atomic E-state index is 0.0445. The normalized spacial score (nSPS) is 10.3. The standard InChI is InChI=1S/C13H8Cl2FNO2/c14-9-3-1-8(2-4-9)7-19-13(18)11-5-10(16)6-17-12(11)15/h1-6H,7H2. The number of nitrogens with zero attached hydrogens (tertiary/aromatic N) is 1. The molecule has 2 rings (SSSR count). The monoisotopic (exact) mass is 299 g/mol. The van der Waals surface area contributed by atoms with E-state index in [0.29, 0.717) is 5.02 Å². The summed E-state index contributed by atoms with van der Waals surface area (Å²) in [5.41, 5.74) is 0.661. The van der Waals surface area contributed by atoms with Crippen molar-refractivity contribution in [2.45, 2.75) is 6.61 Å². The highest BCUT2D eigenvalue weighted by molar-refractivity contribution is 6.32. The zero-order valence-corrected chi connectivity index (χ0v) is 11.1. The number of hydrogen-bond acceptors (Lipinski definition) is 3. The molecule has 1 aromatic heterocycles. The second kappa shape index (κ2) is 5.99. The van der Waals surface area contributed by atoms with Crippen molar-refractivity contribution in [2.24, 2.45) is 0 Å². The second-order valence-corrected chi connectivity index (χ2v) is 4.49. The van der Waals surface area contributed by atoms with Crippen molar-refractivity contribution >= 4 is 29.2 Å². The van der Waals surface area contributed by atoms with E-state index in [1.165, 1.54) is 0 Å². The van der Waals surface area contributed by atoms with Crippen LogP contribution in [0.25, 0.3) is 0 Å². The quantitative estimate of drug-likeness (QED) is 0.638. The van der Waals surface area contributed by atoms with Gasteiger partial charge in [-0.05, 0) is 23.8 Å². The lowest BCUT2D eigenvalue weighted by molar-refractivity contribution is 0.0472. The van der Waals surface area contributed by atoms with Crippen molar-refractivity contribution in [1.29, 1.82) is 0 Å². The summed E-state index contributed by atoms with van der Waals surface area (Å²) in [5, 5.41) is 0.495. The summed E-state index contributed by atoms with van der Waals surface area (Å²) in [5.74, 6) is -1.38. The van der Waals surface area contributed by atoms with Gasteiger partial charge in [-0.2, -0.15) is 0 Å². The van der Waals surface area contributed by atoms with Crippen molar-refractivity contribution in [3.8, 4) is 0 Å². The molecule has 0 N–H and O–H groups in total. The zero-order valence-electron chi connectivity index (χ0n) is 9.57. The number of halogens is 3. The number of pyridine rings is 1. The summed E-state index contributed by atoms with van der Waals surface area (Å²) in [6, 6.07) is 7.80. The van der Waals surface area contributed by atoms with E-state index >= 15 is 0 Å². The molecule has 0 saturated heterocycles. The van der Waals surface area contributed by atoms with Crippen molar-refractivity contribution in [1.82, 2.24) is 4.98 Å². The van der Waals surface area contributed by atoms with E-state index < -0.39 is 11.8 Å². The molecule has 0 spiro atoms. The maximum atomic E-state index is 13.0. The van der Waals surface area contributed by atoms with Gasteiger partial charge >= 0.3 is 5.97 Å². The number of benzene rings is 1. The molecule has 0 aliphatic carbocycles. The van der Waals surface area contributed by atoms with Crippen molar-refractivity contribution in [3.05, 3.63) is 63.6 Å². The van der Waals surface area contributed by atoms with Gasteiger partial charge in [0.25, 0.3) is 0 Å². The first-order valence-corrected chi connectivity index (χ1v) is 6.04. The fraction of sp³-hybridized carbons (Fsp3) is 0.0769. The molecule has 0 bridgehead atoms. The third-order valence-corrected chi connectivity index (χ3v) is 2.86. The number of esters is 1. The van der Waals surface area contributed by atoms with Crippen LogP contribution in [0.4, 0.5) is 4.39 Å². The molecule has 0 aliphatic rings. The van der Waals surface area contributed by atoms with E-state index in [0.717, 1.165) is 17.8 Å². The first-order valence-electron chi connectivity index (χ1n) is 5.29. The van der Waals surface area contributed by atoms with Crippen LogP contribution in [0.2, 0.25) is 10.2 Å². The molecule has 0 atom stereocenters. The van der Waals surface area contributed by atoms with Gasteiger partial charge in [-0.3, -0.25) is 0 Å². The summed E-state index contributed by atoms with van der Waals surface area (Å²) in [7, 11) is 0. The van der Waals surface area contributed by atoms with Crippen LogP contribution < -0.4 is 0 Å². The fourth-order valence-corrected chi connectivity index (χ4v) is 1.68. The van der Waals surface area contributed by atoms with E-state index in [4.69, 9.17) is 27.9 Å². The molecule has 0 saturated carbocycles. The number of carbonyl (C=O) groups is 1. The lowest BCUT2D eigenvalue weighted by Crippen LogP contribution is -2.07. The zero-order chi connectivity index (χ0) is 13.8. The number of rotatable bonds is 3. The van der Waals surface area contributed by atoms with Gasteiger partial charge in [0.15, 0.2) is 0 Å². The van der Waals surface area contributed by atoms with Crippen LogP contribution in [0, 0.1) is 5.82 Å². The predicted molar refractivity (Wildman–Crippen MR) is 69.8 cm³/mol. The number of hydrogen-bond donors (Lipinski definition) is 0. The Bertz CT molecular complexity index is 602. The highest BCUT2D eigenvalue weighted by Gasteiger charge is 2.14. The van der Waals surface area contributed by atoms with Crippen LogP contribution in [-0.4, -0.2) is 11.0 Å². The number of ether oxygens (including phenoxy) is 1. The first kappa shape index (κ1) is 13.8. The molecule has 6 heteroatoms. The third kappa shape index (κ3) is 3.66. The van der Waals surface area contributed by atoms with Crippen molar-refractivity contribution in [3.63, 3.8) is 0 Å². The average Bonchev–Trinajstić information content (AvgIpc) is 2.40. The van der Waals surface area contributed by atoms with Crippen LogP contribution in [-0.2, 0) is 11.3 Å². The summed E-state index contributed by atoms with van der Waals surface area (Å²) in [6.45, 7) is 0.0445. The van der Waals surface area contributed by atoms with Gasteiger partial charge in [0.1, 0.15) is 17.6 Å². The van der Waals surface area contributed by atoms with Gasteiger partial charge in [0.2, 0.25) is 0 Å². The van der Waals surface area contributed by atoms with Gasteiger partial charge < -0.3 is 4.74 Å². The van der Waals surface area contributed by atoms with E-state index in [-0.39, 0.29) is 17.3 Å². The average molecular weight is 300 g/mol. The van der Waals surface area contributed by atoms with Gasteiger partial charge in [-0.1, -0.05) is 35.3 Å². The molecular weight excluding hydrogens is 292 g/mol.